The molecule has 122 valence electrons. The van der Waals surface area contributed by atoms with Gasteiger partial charge in [0.05, 0.1) is 24.9 Å². The van der Waals surface area contributed by atoms with Gasteiger partial charge in [0.2, 0.25) is 0 Å². The molecule has 2 rings (SSSR count). The van der Waals surface area contributed by atoms with Crippen molar-refractivity contribution >= 4 is 28.5 Å². The molecule has 0 radical (unpaired) electrons. The number of aliphatic hydroxyl groups is 1. The third-order valence-electron chi connectivity index (χ3n) is 3.43. The van der Waals surface area contributed by atoms with E-state index < -0.39 is 0 Å². The zero-order chi connectivity index (χ0) is 16.7. The molecular formula is C18H20INO3. The summed E-state index contributed by atoms with van der Waals surface area (Å²) in [5.41, 5.74) is 2.79. The van der Waals surface area contributed by atoms with Crippen LogP contribution in [0.3, 0.4) is 0 Å². The fourth-order valence-corrected chi connectivity index (χ4v) is 2.81. The summed E-state index contributed by atoms with van der Waals surface area (Å²) < 4.78 is 6.58. The van der Waals surface area contributed by atoms with E-state index in [0.717, 1.165) is 14.7 Å². The van der Waals surface area contributed by atoms with E-state index in [1.54, 1.807) is 6.07 Å². The van der Waals surface area contributed by atoms with Crippen LogP contribution in [0.15, 0.2) is 48.5 Å². The van der Waals surface area contributed by atoms with Crippen LogP contribution in [0.1, 0.15) is 27.6 Å². The maximum atomic E-state index is 12.3. The molecule has 0 bridgehead atoms. The highest BCUT2D eigenvalue weighted by molar-refractivity contribution is 14.1. The Morgan fingerprint density at radius 1 is 1.22 bits per heavy atom. The van der Waals surface area contributed by atoms with Crippen LogP contribution in [0.5, 0.6) is 0 Å². The topological polar surface area (TPSA) is 58.6 Å². The molecule has 0 aromatic heterocycles. The van der Waals surface area contributed by atoms with Gasteiger partial charge in [0.25, 0.3) is 5.91 Å². The van der Waals surface area contributed by atoms with Gasteiger partial charge in [-0.05, 0) is 47.2 Å². The van der Waals surface area contributed by atoms with Gasteiger partial charge >= 0.3 is 0 Å². The van der Waals surface area contributed by atoms with E-state index in [-0.39, 0.29) is 25.2 Å². The average Bonchev–Trinajstić information content (AvgIpc) is 2.56. The van der Waals surface area contributed by atoms with Gasteiger partial charge in [0.1, 0.15) is 0 Å². The molecule has 0 spiro atoms. The van der Waals surface area contributed by atoms with Crippen molar-refractivity contribution in [3.8, 4) is 0 Å². The zero-order valence-corrected chi connectivity index (χ0v) is 15.1. The number of carbonyl (C=O) groups excluding carboxylic acids is 1. The summed E-state index contributed by atoms with van der Waals surface area (Å²) in [5.74, 6) is -0.125. The van der Waals surface area contributed by atoms with E-state index in [9.17, 15) is 4.79 Å². The maximum absolute atomic E-state index is 12.3. The molecule has 23 heavy (non-hydrogen) atoms. The Balaban J connectivity index is 2.04. The molecule has 0 heterocycles. The summed E-state index contributed by atoms with van der Waals surface area (Å²) in [6.07, 6.45) is -0.284. The molecule has 1 atom stereocenters. The lowest BCUT2D eigenvalue weighted by Crippen LogP contribution is -2.30. The predicted octanol–water partition coefficient (Wildman–Crippen LogP) is 3.08. The first-order valence-electron chi connectivity index (χ1n) is 7.43. The monoisotopic (exact) mass is 425 g/mol. The van der Waals surface area contributed by atoms with Gasteiger partial charge in [0, 0.05) is 10.1 Å². The second-order valence-electron chi connectivity index (χ2n) is 5.18. The second kappa shape index (κ2) is 9.00. The Labute approximate surface area is 150 Å². The van der Waals surface area contributed by atoms with E-state index in [1.807, 2.05) is 49.4 Å². The molecule has 0 saturated heterocycles. The molecule has 0 aliphatic carbocycles. The Bertz CT molecular complexity index is 643. The Morgan fingerprint density at radius 3 is 2.57 bits per heavy atom. The third kappa shape index (κ3) is 5.30. The Hall–Kier alpha value is -1.44. The highest BCUT2D eigenvalue weighted by Gasteiger charge is 2.15. The van der Waals surface area contributed by atoms with Crippen molar-refractivity contribution < 1.29 is 14.6 Å². The fraction of sp³-hybridized carbons (Fsp3) is 0.278. The molecule has 2 aromatic rings. The number of amides is 1. The molecular weight excluding hydrogens is 405 g/mol. The third-order valence-corrected chi connectivity index (χ3v) is 4.37. The fourth-order valence-electron chi connectivity index (χ4n) is 2.18. The van der Waals surface area contributed by atoms with Gasteiger partial charge in [0.15, 0.2) is 0 Å². The van der Waals surface area contributed by atoms with E-state index in [1.165, 1.54) is 0 Å². The van der Waals surface area contributed by atoms with Gasteiger partial charge in [-0.3, -0.25) is 4.79 Å². The van der Waals surface area contributed by atoms with Crippen LogP contribution < -0.4 is 5.32 Å². The van der Waals surface area contributed by atoms with Gasteiger partial charge in [-0.1, -0.05) is 42.0 Å². The number of hydrogen-bond donors (Lipinski definition) is 2. The van der Waals surface area contributed by atoms with Crippen molar-refractivity contribution in [2.45, 2.75) is 13.0 Å². The Morgan fingerprint density at radius 2 is 1.91 bits per heavy atom. The molecule has 2 N–H and O–H groups in total. The first kappa shape index (κ1) is 17.9. The molecule has 4 nitrogen and oxygen atoms in total. The number of ether oxygens (including phenoxy) is 1. The van der Waals surface area contributed by atoms with Crippen LogP contribution in [0.25, 0.3) is 0 Å². The standard InChI is InChI=1S/C18H20INO3/c1-13-6-8-14(9-7-13)17(23-11-10-21)12-20-18(22)15-4-2-3-5-16(15)19/h2-9,17,21H,10-12H2,1H3,(H,20,22). The first-order chi connectivity index (χ1) is 11.1. The lowest BCUT2D eigenvalue weighted by Gasteiger charge is -2.19. The number of nitrogens with one attached hydrogen (secondary N) is 1. The van der Waals surface area contributed by atoms with E-state index in [2.05, 4.69) is 27.9 Å². The molecule has 0 aliphatic rings. The number of aliphatic hydroxyl groups excluding tert-OH is 1. The largest absolute Gasteiger partial charge is 0.394 e. The lowest BCUT2D eigenvalue weighted by molar-refractivity contribution is 0.0277. The first-order valence-corrected chi connectivity index (χ1v) is 8.51. The molecule has 0 aliphatic heterocycles. The molecule has 0 fully saturated rings. The van der Waals surface area contributed by atoms with Crippen molar-refractivity contribution in [1.82, 2.24) is 5.32 Å². The number of benzene rings is 2. The average molecular weight is 425 g/mol. The van der Waals surface area contributed by atoms with Crippen LogP contribution in [0, 0.1) is 10.5 Å². The molecule has 5 heteroatoms. The smallest absolute Gasteiger partial charge is 0.252 e. The van der Waals surface area contributed by atoms with Crippen LogP contribution in [-0.2, 0) is 4.74 Å². The minimum atomic E-state index is -0.284. The summed E-state index contributed by atoms with van der Waals surface area (Å²) in [6, 6.07) is 15.4. The summed E-state index contributed by atoms with van der Waals surface area (Å²) in [7, 11) is 0. The maximum Gasteiger partial charge on any atom is 0.252 e. The minimum absolute atomic E-state index is 0.0487. The Kier molecular flexibility index (Phi) is 7.01. The van der Waals surface area contributed by atoms with Gasteiger partial charge < -0.3 is 15.2 Å². The second-order valence-corrected chi connectivity index (χ2v) is 6.35. The lowest BCUT2D eigenvalue weighted by atomic mass is 10.1. The zero-order valence-electron chi connectivity index (χ0n) is 13.0. The van der Waals surface area contributed by atoms with Crippen LogP contribution in [-0.4, -0.2) is 30.8 Å². The summed E-state index contributed by atoms with van der Waals surface area (Å²) in [5, 5.41) is 11.9. The highest BCUT2D eigenvalue weighted by atomic mass is 127. The van der Waals surface area contributed by atoms with Gasteiger partial charge in [-0.15, -0.1) is 0 Å². The van der Waals surface area contributed by atoms with Crippen LogP contribution >= 0.6 is 22.6 Å². The van der Waals surface area contributed by atoms with Crippen LogP contribution in [0.2, 0.25) is 0 Å². The van der Waals surface area contributed by atoms with Gasteiger partial charge in [-0.25, -0.2) is 0 Å². The molecule has 1 unspecified atom stereocenters. The van der Waals surface area contributed by atoms with Crippen molar-refractivity contribution in [2.24, 2.45) is 0 Å². The number of halogens is 1. The summed E-state index contributed by atoms with van der Waals surface area (Å²) in [4.78, 5) is 12.3. The number of aryl methyl sites for hydroxylation is 1. The van der Waals surface area contributed by atoms with E-state index >= 15 is 0 Å². The van der Waals surface area contributed by atoms with E-state index in [4.69, 9.17) is 9.84 Å². The molecule has 2 aromatic carbocycles. The van der Waals surface area contributed by atoms with Crippen LogP contribution in [0.4, 0.5) is 0 Å². The quantitative estimate of drug-likeness (QED) is 0.671. The predicted molar refractivity (Wildman–Crippen MR) is 98.5 cm³/mol. The van der Waals surface area contributed by atoms with Crippen molar-refractivity contribution in [3.63, 3.8) is 0 Å². The minimum Gasteiger partial charge on any atom is -0.394 e. The highest BCUT2D eigenvalue weighted by Crippen LogP contribution is 2.18. The van der Waals surface area contributed by atoms with Crippen molar-refractivity contribution in [3.05, 3.63) is 68.8 Å². The van der Waals surface area contributed by atoms with E-state index in [0.29, 0.717) is 12.1 Å². The van der Waals surface area contributed by atoms with Crippen molar-refractivity contribution in [1.29, 1.82) is 0 Å². The van der Waals surface area contributed by atoms with Crippen molar-refractivity contribution in [2.75, 3.05) is 19.8 Å². The number of hydrogen-bond acceptors (Lipinski definition) is 3. The number of rotatable bonds is 7. The number of carbonyl (C=O) groups is 1. The normalized spacial score (nSPS) is 12.0. The summed E-state index contributed by atoms with van der Waals surface area (Å²) in [6.45, 7) is 2.56. The summed E-state index contributed by atoms with van der Waals surface area (Å²) >= 11 is 2.15. The van der Waals surface area contributed by atoms with Gasteiger partial charge in [-0.2, -0.15) is 0 Å². The SMILES string of the molecule is Cc1ccc(C(CNC(=O)c2ccccc2I)OCCO)cc1. The molecule has 1 amide bonds. The molecule has 0 saturated carbocycles.